The van der Waals surface area contributed by atoms with Crippen LogP contribution in [-0.2, 0) is 4.79 Å². The third-order valence-electron chi connectivity index (χ3n) is 5.57. The molecule has 88 valence electrons. The fraction of sp³-hybridized carbons (Fsp3) is 0.800. The van der Waals surface area contributed by atoms with Crippen molar-refractivity contribution in [1.29, 1.82) is 0 Å². The van der Waals surface area contributed by atoms with Gasteiger partial charge in [0.1, 0.15) is 5.78 Å². The van der Waals surface area contributed by atoms with E-state index < -0.39 is 0 Å². The molecule has 2 bridgehead atoms. The molecule has 0 aromatic rings. The molecule has 1 heteroatoms. The summed E-state index contributed by atoms with van der Waals surface area (Å²) >= 11 is 0. The lowest BCUT2D eigenvalue weighted by Gasteiger charge is -2.40. The fourth-order valence-electron chi connectivity index (χ4n) is 4.87. The van der Waals surface area contributed by atoms with E-state index in [0.29, 0.717) is 11.7 Å². The lowest BCUT2D eigenvalue weighted by molar-refractivity contribution is -0.128. The first-order chi connectivity index (χ1) is 7.70. The summed E-state index contributed by atoms with van der Waals surface area (Å²) in [5.74, 6) is 5.15. The van der Waals surface area contributed by atoms with E-state index in [0.717, 1.165) is 36.0 Å². The number of fused-ring (bicyclic) bond motifs is 5. The van der Waals surface area contributed by atoms with Crippen LogP contribution in [0.3, 0.4) is 0 Å². The average molecular weight is 218 g/mol. The van der Waals surface area contributed by atoms with E-state index in [1.807, 2.05) is 0 Å². The van der Waals surface area contributed by atoms with Crippen LogP contribution in [0.4, 0.5) is 0 Å². The SMILES string of the molecule is C=CCC1CC2CC1C1CC(=O)C(C)CC21. The molecule has 0 spiro atoms. The Morgan fingerprint density at radius 3 is 2.81 bits per heavy atom. The molecule has 0 N–H and O–H groups in total. The van der Waals surface area contributed by atoms with Crippen molar-refractivity contribution in [2.75, 3.05) is 0 Å². The normalized spacial score (nSPS) is 50.4. The lowest BCUT2D eigenvalue weighted by atomic mass is 9.64. The minimum Gasteiger partial charge on any atom is -0.299 e. The summed E-state index contributed by atoms with van der Waals surface area (Å²) in [4.78, 5) is 11.9. The fourth-order valence-corrected chi connectivity index (χ4v) is 4.87. The van der Waals surface area contributed by atoms with Crippen LogP contribution in [-0.4, -0.2) is 5.78 Å². The Labute approximate surface area is 98.3 Å². The topological polar surface area (TPSA) is 17.1 Å². The molecule has 0 aliphatic heterocycles. The van der Waals surface area contributed by atoms with Gasteiger partial charge in [0.25, 0.3) is 0 Å². The number of ketones is 1. The Morgan fingerprint density at radius 2 is 2.06 bits per heavy atom. The van der Waals surface area contributed by atoms with Gasteiger partial charge in [0.05, 0.1) is 0 Å². The molecule has 3 aliphatic rings. The summed E-state index contributed by atoms with van der Waals surface area (Å²) < 4.78 is 0. The molecule has 6 atom stereocenters. The maximum Gasteiger partial charge on any atom is 0.136 e. The minimum atomic E-state index is 0.346. The molecule has 0 saturated heterocycles. The summed E-state index contributed by atoms with van der Waals surface area (Å²) in [5.41, 5.74) is 0. The van der Waals surface area contributed by atoms with Crippen molar-refractivity contribution < 1.29 is 4.79 Å². The highest BCUT2D eigenvalue weighted by Gasteiger charge is 2.54. The highest BCUT2D eigenvalue weighted by Crippen LogP contribution is 2.60. The van der Waals surface area contributed by atoms with Crippen LogP contribution in [0.5, 0.6) is 0 Å². The van der Waals surface area contributed by atoms with Gasteiger partial charge in [0.15, 0.2) is 0 Å². The van der Waals surface area contributed by atoms with E-state index in [1.165, 1.54) is 25.7 Å². The number of carbonyl (C=O) groups is 1. The number of hydrogen-bond acceptors (Lipinski definition) is 1. The van der Waals surface area contributed by atoms with Crippen molar-refractivity contribution >= 4 is 5.78 Å². The molecule has 0 aromatic carbocycles. The van der Waals surface area contributed by atoms with Crippen molar-refractivity contribution in [1.82, 2.24) is 0 Å². The van der Waals surface area contributed by atoms with Crippen molar-refractivity contribution in [3.8, 4) is 0 Å². The second kappa shape index (κ2) is 3.72. The van der Waals surface area contributed by atoms with Gasteiger partial charge >= 0.3 is 0 Å². The van der Waals surface area contributed by atoms with Crippen LogP contribution in [0, 0.1) is 35.5 Å². The zero-order valence-corrected chi connectivity index (χ0v) is 10.2. The Hall–Kier alpha value is -0.590. The lowest BCUT2D eigenvalue weighted by Crippen LogP contribution is -2.37. The monoisotopic (exact) mass is 218 g/mol. The van der Waals surface area contributed by atoms with Gasteiger partial charge in [-0.2, -0.15) is 0 Å². The van der Waals surface area contributed by atoms with E-state index in [9.17, 15) is 4.79 Å². The molecule has 3 saturated carbocycles. The Balaban J connectivity index is 1.77. The maximum atomic E-state index is 11.9. The number of allylic oxidation sites excluding steroid dienone is 1. The van der Waals surface area contributed by atoms with E-state index in [4.69, 9.17) is 0 Å². The smallest absolute Gasteiger partial charge is 0.136 e. The Morgan fingerprint density at radius 1 is 1.25 bits per heavy atom. The van der Waals surface area contributed by atoms with E-state index >= 15 is 0 Å². The van der Waals surface area contributed by atoms with E-state index in [2.05, 4.69) is 19.6 Å². The van der Waals surface area contributed by atoms with E-state index in [1.54, 1.807) is 0 Å². The first-order valence-corrected chi connectivity index (χ1v) is 6.84. The molecule has 3 rings (SSSR count). The molecule has 0 amide bonds. The van der Waals surface area contributed by atoms with Gasteiger partial charge in [-0.3, -0.25) is 4.79 Å². The Kier molecular flexibility index (Phi) is 2.45. The van der Waals surface area contributed by atoms with Gasteiger partial charge in [-0.15, -0.1) is 6.58 Å². The second-order valence-electron chi connectivity index (χ2n) is 6.31. The zero-order valence-electron chi connectivity index (χ0n) is 10.2. The molecule has 0 heterocycles. The molecule has 3 fully saturated rings. The largest absolute Gasteiger partial charge is 0.299 e. The van der Waals surface area contributed by atoms with Gasteiger partial charge in [-0.05, 0) is 55.3 Å². The first kappa shape index (κ1) is 10.6. The minimum absolute atomic E-state index is 0.346. The second-order valence-corrected chi connectivity index (χ2v) is 6.31. The summed E-state index contributed by atoms with van der Waals surface area (Å²) in [6.07, 6.45) is 8.15. The van der Waals surface area contributed by atoms with Gasteiger partial charge in [0.2, 0.25) is 0 Å². The number of carbonyl (C=O) groups excluding carboxylic acids is 1. The third kappa shape index (κ3) is 1.40. The number of Topliss-reactive ketones (excluding diaryl/α,β-unsaturated/α-hetero) is 1. The number of rotatable bonds is 2. The standard InChI is InChI=1S/C15H22O/c1-3-4-10-6-11-7-13(10)14-8-15(16)9(2)5-12(11)14/h3,9-14H,1,4-8H2,2H3. The summed E-state index contributed by atoms with van der Waals surface area (Å²) in [6.45, 7) is 6.00. The molecule has 6 unspecified atom stereocenters. The third-order valence-corrected chi connectivity index (χ3v) is 5.57. The molecule has 3 aliphatic carbocycles. The van der Waals surface area contributed by atoms with Crippen molar-refractivity contribution in [2.45, 2.75) is 39.0 Å². The summed E-state index contributed by atoms with van der Waals surface area (Å²) in [5, 5.41) is 0. The predicted molar refractivity (Wildman–Crippen MR) is 64.9 cm³/mol. The van der Waals surface area contributed by atoms with Crippen LogP contribution in [0.15, 0.2) is 12.7 Å². The van der Waals surface area contributed by atoms with Gasteiger partial charge in [-0.25, -0.2) is 0 Å². The highest BCUT2D eigenvalue weighted by molar-refractivity contribution is 5.81. The molecule has 1 nitrogen and oxygen atoms in total. The molecule has 16 heavy (non-hydrogen) atoms. The van der Waals surface area contributed by atoms with Crippen LogP contribution >= 0.6 is 0 Å². The average Bonchev–Trinajstić information content (AvgIpc) is 2.78. The van der Waals surface area contributed by atoms with Crippen molar-refractivity contribution in [3.63, 3.8) is 0 Å². The molecule has 0 aromatic heterocycles. The van der Waals surface area contributed by atoms with Crippen LogP contribution in [0.1, 0.15) is 39.0 Å². The van der Waals surface area contributed by atoms with Crippen molar-refractivity contribution in [2.24, 2.45) is 35.5 Å². The highest BCUT2D eigenvalue weighted by atomic mass is 16.1. The van der Waals surface area contributed by atoms with Gasteiger partial charge in [-0.1, -0.05) is 13.0 Å². The van der Waals surface area contributed by atoms with Gasteiger partial charge < -0.3 is 0 Å². The van der Waals surface area contributed by atoms with E-state index in [-0.39, 0.29) is 0 Å². The summed E-state index contributed by atoms with van der Waals surface area (Å²) in [7, 11) is 0. The van der Waals surface area contributed by atoms with Crippen LogP contribution in [0.25, 0.3) is 0 Å². The maximum absolute atomic E-state index is 11.9. The van der Waals surface area contributed by atoms with Crippen LogP contribution in [0.2, 0.25) is 0 Å². The quantitative estimate of drug-likeness (QED) is 0.649. The summed E-state index contributed by atoms with van der Waals surface area (Å²) in [6, 6.07) is 0. The Bertz CT molecular complexity index is 319. The number of hydrogen-bond donors (Lipinski definition) is 0. The zero-order chi connectivity index (χ0) is 11.3. The first-order valence-electron chi connectivity index (χ1n) is 6.84. The van der Waals surface area contributed by atoms with Crippen molar-refractivity contribution in [3.05, 3.63) is 12.7 Å². The predicted octanol–water partition coefficient (Wildman–Crippen LogP) is 3.45. The molecule has 0 radical (unpaired) electrons. The molecular formula is C15H22O. The van der Waals surface area contributed by atoms with Gasteiger partial charge in [0, 0.05) is 12.3 Å². The molecular weight excluding hydrogens is 196 g/mol. The van der Waals surface area contributed by atoms with Crippen LogP contribution < -0.4 is 0 Å².